The first-order valence-electron chi connectivity index (χ1n) is 5.29. The zero-order valence-corrected chi connectivity index (χ0v) is 10.5. The van der Waals surface area contributed by atoms with Crippen molar-refractivity contribution in [3.63, 3.8) is 0 Å². The molecule has 18 heavy (non-hydrogen) atoms. The van der Waals surface area contributed by atoms with Crippen LogP contribution in [0.25, 0.3) is 0 Å². The highest BCUT2D eigenvalue weighted by Gasteiger charge is 2.18. The molecule has 1 aromatic heterocycles. The Morgan fingerprint density at radius 3 is 2.22 bits per heavy atom. The van der Waals surface area contributed by atoms with Crippen LogP contribution in [0.15, 0.2) is 58.6 Å². The van der Waals surface area contributed by atoms with Gasteiger partial charge < -0.3 is 0 Å². The number of hydrogen-bond donors (Lipinski definition) is 0. The van der Waals surface area contributed by atoms with Crippen molar-refractivity contribution in [3.05, 3.63) is 54.2 Å². The predicted molar refractivity (Wildman–Crippen MR) is 66.1 cm³/mol. The molecule has 0 unspecified atom stereocenters. The summed E-state index contributed by atoms with van der Waals surface area (Å²) in [6, 6.07) is 10.5. The van der Waals surface area contributed by atoms with Crippen LogP contribution < -0.4 is 0 Å². The van der Waals surface area contributed by atoms with E-state index in [1.165, 1.54) is 43.5 Å². The maximum atomic E-state index is 12.2. The van der Waals surface area contributed by atoms with Gasteiger partial charge in [0.05, 0.1) is 4.90 Å². The van der Waals surface area contributed by atoms with E-state index in [9.17, 15) is 13.2 Å². The highest BCUT2D eigenvalue weighted by molar-refractivity contribution is 7.91. The van der Waals surface area contributed by atoms with E-state index >= 15 is 0 Å². The van der Waals surface area contributed by atoms with Gasteiger partial charge in [0.15, 0.2) is 10.8 Å². The topological polar surface area (TPSA) is 64.1 Å². The Kier molecular flexibility index (Phi) is 3.25. The van der Waals surface area contributed by atoms with Gasteiger partial charge in [-0.15, -0.1) is 0 Å². The number of ketones is 1. The molecule has 2 rings (SSSR count). The summed E-state index contributed by atoms with van der Waals surface area (Å²) in [7, 11) is -3.60. The Balaban J connectivity index is 2.46. The number of benzene rings is 1. The van der Waals surface area contributed by atoms with Gasteiger partial charge in [0.1, 0.15) is 0 Å². The predicted octanol–water partition coefficient (Wildman–Crippen LogP) is 2.12. The van der Waals surface area contributed by atoms with Gasteiger partial charge in [-0.1, -0.05) is 18.2 Å². The summed E-state index contributed by atoms with van der Waals surface area (Å²) in [5, 5.41) is 0.000532. The first-order chi connectivity index (χ1) is 8.51. The summed E-state index contributed by atoms with van der Waals surface area (Å²) < 4.78 is 24.3. The van der Waals surface area contributed by atoms with Gasteiger partial charge in [0.25, 0.3) is 0 Å². The van der Waals surface area contributed by atoms with Crippen molar-refractivity contribution in [2.75, 3.05) is 0 Å². The van der Waals surface area contributed by atoms with Gasteiger partial charge in [-0.2, -0.15) is 0 Å². The molecule has 0 aliphatic heterocycles. The third-order valence-electron chi connectivity index (χ3n) is 2.48. The van der Waals surface area contributed by atoms with Crippen LogP contribution in [0.5, 0.6) is 0 Å². The van der Waals surface area contributed by atoms with Gasteiger partial charge >= 0.3 is 0 Å². The summed E-state index contributed by atoms with van der Waals surface area (Å²) in [6.07, 6.45) is 1.43. The molecule has 92 valence electrons. The normalized spacial score (nSPS) is 11.2. The third kappa shape index (κ3) is 2.31. The maximum Gasteiger partial charge on any atom is 0.223 e. The zero-order valence-electron chi connectivity index (χ0n) is 9.70. The Morgan fingerprint density at radius 2 is 1.72 bits per heavy atom. The van der Waals surface area contributed by atoms with E-state index in [1.54, 1.807) is 12.1 Å². The molecule has 0 aliphatic rings. The summed E-state index contributed by atoms with van der Waals surface area (Å²) in [5.74, 6) is -0.100. The molecule has 0 bridgehead atoms. The molecule has 0 spiro atoms. The second-order valence-electron chi connectivity index (χ2n) is 3.75. The van der Waals surface area contributed by atoms with E-state index in [4.69, 9.17) is 0 Å². The number of carbonyl (C=O) groups is 1. The van der Waals surface area contributed by atoms with Gasteiger partial charge in [-0.05, 0) is 31.2 Å². The largest absolute Gasteiger partial charge is 0.295 e. The highest BCUT2D eigenvalue weighted by atomic mass is 32.2. The minimum absolute atomic E-state index is 0.000532. The summed E-state index contributed by atoms with van der Waals surface area (Å²) in [6.45, 7) is 1.43. The summed E-state index contributed by atoms with van der Waals surface area (Å²) in [5.41, 5.74) is 0.481. The minimum atomic E-state index is -3.60. The SMILES string of the molecule is CC(=O)c1ccc(S(=O)(=O)c2ccccn2)cc1. The van der Waals surface area contributed by atoms with E-state index in [0.29, 0.717) is 5.56 Å². The molecule has 4 nitrogen and oxygen atoms in total. The number of sulfone groups is 1. The van der Waals surface area contributed by atoms with Gasteiger partial charge in [-0.25, -0.2) is 13.4 Å². The van der Waals surface area contributed by atoms with Gasteiger partial charge in [-0.3, -0.25) is 4.79 Å². The van der Waals surface area contributed by atoms with Crippen molar-refractivity contribution in [2.45, 2.75) is 16.8 Å². The molecular formula is C13H11NO3S. The quantitative estimate of drug-likeness (QED) is 0.794. The van der Waals surface area contributed by atoms with Crippen LogP contribution in [0.3, 0.4) is 0 Å². The lowest BCUT2D eigenvalue weighted by Gasteiger charge is -2.03. The second kappa shape index (κ2) is 4.70. The number of nitrogens with zero attached hydrogens (tertiary/aromatic N) is 1. The number of carbonyl (C=O) groups excluding carboxylic acids is 1. The van der Waals surface area contributed by atoms with E-state index in [1.807, 2.05) is 0 Å². The van der Waals surface area contributed by atoms with E-state index in [2.05, 4.69) is 4.98 Å². The van der Waals surface area contributed by atoms with Crippen LogP contribution in [0.4, 0.5) is 0 Å². The Morgan fingerprint density at radius 1 is 1.06 bits per heavy atom. The first-order valence-corrected chi connectivity index (χ1v) is 6.77. The smallest absolute Gasteiger partial charge is 0.223 e. The fourth-order valence-corrected chi connectivity index (χ4v) is 2.69. The van der Waals surface area contributed by atoms with Gasteiger partial charge in [0, 0.05) is 11.8 Å². The Bertz CT molecular complexity index is 661. The third-order valence-corrected chi connectivity index (χ3v) is 4.17. The molecule has 0 aliphatic carbocycles. The zero-order chi connectivity index (χ0) is 13.2. The van der Waals surface area contributed by atoms with Crippen molar-refractivity contribution in [1.82, 2.24) is 4.98 Å². The van der Waals surface area contributed by atoms with E-state index < -0.39 is 9.84 Å². The average molecular weight is 261 g/mol. The molecule has 0 saturated heterocycles. The summed E-state index contributed by atoms with van der Waals surface area (Å²) >= 11 is 0. The highest BCUT2D eigenvalue weighted by Crippen LogP contribution is 2.19. The number of rotatable bonds is 3. The van der Waals surface area contributed by atoms with Gasteiger partial charge in [0.2, 0.25) is 9.84 Å². The maximum absolute atomic E-state index is 12.2. The fourth-order valence-electron chi connectivity index (χ4n) is 1.50. The van der Waals surface area contributed by atoms with Crippen LogP contribution in [0.2, 0.25) is 0 Å². The molecule has 5 heteroatoms. The molecule has 0 fully saturated rings. The van der Waals surface area contributed by atoms with Crippen molar-refractivity contribution in [3.8, 4) is 0 Å². The van der Waals surface area contributed by atoms with Crippen LogP contribution >= 0.6 is 0 Å². The number of aromatic nitrogens is 1. The molecule has 0 atom stereocenters. The standard InChI is InChI=1S/C13H11NO3S/c1-10(15)11-5-7-12(8-6-11)18(16,17)13-4-2-3-9-14-13/h2-9H,1H3. The second-order valence-corrected chi connectivity index (χ2v) is 5.65. The molecule has 1 aromatic carbocycles. The Hall–Kier alpha value is -2.01. The fraction of sp³-hybridized carbons (Fsp3) is 0.0769. The summed E-state index contributed by atoms with van der Waals surface area (Å²) in [4.78, 5) is 15.1. The van der Waals surface area contributed by atoms with E-state index in [-0.39, 0.29) is 15.7 Å². The van der Waals surface area contributed by atoms with Crippen molar-refractivity contribution >= 4 is 15.6 Å². The lowest BCUT2D eigenvalue weighted by molar-refractivity contribution is 0.101. The Labute approximate surface area is 105 Å². The lowest BCUT2D eigenvalue weighted by Crippen LogP contribution is -2.04. The number of hydrogen-bond acceptors (Lipinski definition) is 4. The van der Waals surface area contributed by atoms with E-state index in [0.717, 1.165) is 0 Å². The van der Waals surface area contributed by atoms with Crippen LogP contribution in [0, 0.1) is 0 Å². The van der Waals surface area contributed by atoms with Crippen molar-refractivity contribution < 1.29 is 13.2 Å². The molecule has 0 N–H and O–H groups in total. The monoisotopic (exact) mass is 261 g/mol. The average Bonchev–Trinajstić information content (AvgIpc) is 2.40. The molecule has 1 heterocycles. The minimum Gasteiger partial charge on any atom is -0.295 e. The molecule has 0 saturated carbocycles. The van der Waals surface area contributed by atoms with Crippen LogP contribution in [-0.4, -0.2) is 19.2 Å². The molecule has 2 aromatic rings. The lowest BCUT2D eigenvalue weighted by atomic mass is 10.2. The number of Topliss-reactive ketones (excluding diaryl/α,β-unsaturated/α-hetero) is 1. The number of pyridine rings is 1. The van der Waals surface area contributed by atoms with Crippen molar-refractivity contribution in [2.24, 2.45) is 0 Å². The van der Waals surface area contributed by atoms with Crippen molar-refractivity contribution in [1.29, 1.82) is 0 Å². The van der Waals surface area contributed by atoms with Crippen LogP contribution in [0.1, 0.15) is 17.3 Å². The van der Waals surface area contributed by atoms with Crippen LogP contribution in [-0.2, 0) is 9.84 Å². The molecular weight excluding hydrogens is 250 g/mol. The first kappa shape index (κ1) is 12.4. The molecule has 0 radical (unpaired) electrons. The molecule has 0 amide bonds.